The number of anilines is 1. The van der Waals surface area contributed by atoms with Crippen molar-refractivity contribution in [1.82, 2.24) is 35.1 Å². The predicted octanol–water partition coefficient (Wildman–Crippen LogP) is 5.01. The van der Waals surface area contributed by atoms with E-state index in [1.54, 1.807) is 16.1 Å². The molecule has 3 aromatic heterocycles. The fourth-order valence-corrected chi connectivity index (χ4v) is 6.75. The monoisotopic (exact) mass is 558 g/mol. The zero-order chi connectivity index (χ0) is 27.5. The molecule has 4 heterocycles. The molecule has 4 aromatic rings. The minimum Gasteiger partial charge on any atom is -0.393 e. The fourth-order valence-electron chi connectivity index (χ4n) is 5.68. The Balaban J connectivity index is 1.21. The second-order valence-corrected chi connectivity index (χ2v) is 12.9. The van der Waals surface area contributed by atoms with E-state index >= 15 is 0 Å². The molecular weight excluding hydrogens is 520 g/mol. The van der Waals surface area contributed by atoms with Gasteiger partial charge in [0.05, 0.1) is 21.7 Å². The normalized spacial score (nSPS) is 20.2. The summed E-state index contributed by atoms with van der Waals surface area (Å²) in [6.07, 6.45) is 8.66. The summed E-state index contributed by atoms with van der Waals surface area (Å²) in [5, 5.41) is 27.8. The zero-order valence-corrected chi connectivity index (χ0v) is 24.1. The van der Waals surface area contributed by atoms with E-state index in [4.69, 9.17) is 9.97 Å². The van der Waals surface area contributed by atoms with Crippen LogP contribution in [0.2, 0.25) is 0 Å². The molecule has 2 fully saturated rings. The van der Waals surface area contributed by atoms with Crippen molar-refractivity contribution < 1.29 is 5.11 Å². The Bertz CT molecular complexity index is 1400. The van der Waals surface area contributed by atoms with E-state index in [9.17, 15) is 5.11 Å². The van der Waals surface area contributed by atoms with E-state index < -0.39 is 0 Å². The average Bonchev–Trinajstić information content (AvgIpc) is 3.73. The molecule has 6 rings (SSSR count). The SMILES string of the molecule is CC(C)(Cc1ncc(-c2nnn(-c3ccccc3)n2)s1)c1cc(CN2CCCC2)cc(NC2CCC(O)CC2)n1. The molecule has 1 aliphatic heterocycles. The first kappa shape index (κ1) is 27.0. The molecule has 0 bridgehead atoms. The number of aromatic nitrogens is 6. The standard InChI is InChI=1S/C30H38N8OS/c1-30(2,18-28-31-19-25(40-28)29-34-36-38(35-29)23-8-4-3-5-9-23)26-16-21(20-37-14-6-7-15-37)17-27(33-26)32-22-10-12-24(39)13-11-22/h3-5,8-9,16-17,19,22,24,39H,6-7,10-15,18,20H2,1-2H3,(H,32,33). The molecule has 2 aliphatic rings. The van der Waals surface area contributed by atoms with Gasteiger partial charge in [0.25, 0.3) is 0 Å². The molecule has 0 atom stereocenters. The largest absolute Gasteiger partial charge is 0.393 e. The zero-order valence-electron chi connectivity index (χ0n) is 23.3. The van der Waals surface area contributed by atoms with E-state index in [-0.39, 0.29) is 11.5 Å². The van der Waals surface area contributed by atoms with Crippen LogP contribution in [0.5, 0.6) is 0 Å². The Kier molecular flexibility index (Phi) is 7.91. The Morgan fingerprint density at radius 2 is 1.82 bits per heavy atom. The lowest BCUT2D eigenvalue weighted by molar-refractivity contribution is 0.126. The summed E-state index contributed by atoms with van der Waals surface area (Å²) in [7, 11) is 0. The minimum absolute atomic E-state index is 0.164. The number of hydrogen-bond donors (Lipinski definition) is 2. The third kappa shape index (κ3) is 6.40. The molecule has 1 saturated carbocycles. The molecule has 0 radical (unpaired) electrons. The molecule has 0 amide bonds. The second-order valence-electron chi connectivity index (χ2n) is 11.8. The third-order valence-electron chi connectivity index (χ3n) is 8.00. The van der Waals surface area contributed by atoms with Crippen molar-refractivity contribution in [3.05, 3.63) is 64.9 Å². The van der Waals surface area contributed by atoms with Gasteiger partial charge in [0.15, 0.2) is 0 Å². The lowest BCUT2D eigenvalue weighted by Gasteiger charge is -2.29. The highest BCUT2D eigenvalue weighted by atomic mass is 32.1. The summed E-state index contributed by atoms with van der Waals surface area (Å²) in [4.78, 5) is 14.9. The van der Waals surface area contributed by atoms with E-state index in [0.717, 1.165) is 78.8 Å². The van der Waals surface area contributed by atoms with Crippen molar-refractivity contribution in [2.75, 3.05) is 18.4 Å². The van der Waals surface area contributed by atoms with Crippen LogP contribution in [0.25, 0.3) is 16.4 Å². The van der Waals surface area contributed by atoms with Crippen LogP contribution in [-0.2, 0) is 18.4 Å². The summed E-state index contributed by atoms with van der Waals surface area (Å²) < 4.78 is 0. The van der Waals surface area contributed by atoms with Gasteiger partial charge in [0.1, 0.15) is 5.82 Å². The highest BCUT2D eigenvalue weighted by molar-refractivity contribution is 7.15. The van der Waals surface area contributed by atoms with E-state index in [2.05, 4.69) is 51.6 Å². The Morgan fingerprint density at radius 1 is 1.05 bits per heavy atom. The van der Waals surface area contributed by atoms with Gasteiger partial charge < -0.3 is 10.4 Å². The number of aliphatic hydroxyl groups excluding tert-OH is 1. The molecule has 210 valence electrons. The molecular formula is C30H38N8OS. The van der Waals surface area contributed by atoms with Crippen LogP contribution in [0.4, 0.5) is 5.82 Å². The summed E-state index contributed by atoms with van der Waals surface area (Å²) in [5.41, 5.74) is 3.04. The maximum atomic E-state index is 9.95. The number of hydrogen-bond acceptors (Lipinski definition) is 9. The van der Waals surface area contributed by atoms with E-state index in [1.807, 2.05) is 36.5 Å². The first-order valence-corrected chi connectivity index (χ1v) is 15.2. The summed E-state index contributed by atoms with van der Waals surface area (Å²) in [5.74, 6) is 1.53. The van der Waals surface area contributed by atoms with E-state index in [0.29, 0.717) is 11.9 Å². The number of para-hydroxylation sites is 1. The first-order chi connectivity index (χ1) is 19.4. The van der Waals surface area contributed by atoms with Crippen LogP contribution in [0.1, 0.15) is 68.6 Å². The van der Waals surface area contributed by atoms with Gasteiger partial charge in [-0.1, -0.05) is 32.0 Å². The van der Waals surface area contributed by atoms with Gasteiger partial charge in [-0.15, -0.1) is 26.3 Å². The van der Waals surface area contributed by atoms with Crippen LogP contribution < -0.4 is 5.32 Å². The van der Waals surface area contributed by atoms with Crippen molar-refractivity contribution in [1.29, 1.82) is 0 Å². The smallest absolute Gasteiger partial charge is 0.216 e. The Morgan fingerprint density at radius 3 is 2.60 bits per heavy atom. The Labute approximate surface area is 239 Å². The Hall–Kier alpha value is -3.21. The molecule has 40 heavy (non-hydrogen) atoms. The van der Waals surface area contributed by atoms with Crippen LogP contribution in [0.15, 0.2) is 48.7 Å². The number of likely N-dealkylation sites (tertiary alicyclic amines) is 1. The highest BCUT2D eigenvalue weighted by Gasteiger charge is 2.27. The molecule has 9 nitrogen and oxygen atoms in total. The molecule has 1 aliphatic carbocycles. The maximum Gasteiger partial charge on any atom is 0.216 e. The summed E-state index contributed by atoms with van der Waals surface area (Å²) in [6, 6.07) is 14.7. The maximum absolute atomic E-state index is 9.95. The number of pyridine rings is 1. The number of aliphatic hydroxyl groups is 1. The summed E-state index contributed by atoms with van der Waals surface area (Å²) >= 11 is 1.61. The van der Waals surface area contributed by atoms with Crippen molar-refractivity contribution in [2.24, 2.45) is 0 Å². The number of thiazole rings is 1. The molecule has 1 aromatic carbocycles. The molecule has 10 heteroatoms. The van der Waals surface area contributed by atoms with Gasteiger partial charge >= 0.3 is 0 Å². The molecule has 1 saturated heterocycles. The third-order valence-corrected chi connectivity index (χ3v) is 8.99. The topological polar surface area (TPSA) is 105 Å². The van der Waals surface area contributed by atoms with Gasteiger partial charge in [-0.05, 0) is 86.7 Å². The minimum atomic E-state index is -0.218. The number of tetrazole rings is 1. The summed E-state index contributed by atoms with van der Waals surface area (Å²) in [6.45, 7) is 7.78. The van der Waals surface area contributed by atoms with Crippen molar-refractivity contribution >= 4 is 17.2 Å². The number of benzene rings is 1. The number of nitrogens with zero attached hydrogens (tertiary/aromatic N) is 7. The predicted molar refractivity (Wildman–Crippen MR) is 158 cm³/mol. The van der Waals surface area contributed by atoms with Gasteiger partial charge in [0, 0.05) is 36.3 Å². The van der Waals surface area contributed by atoms with Gasteiger partial charge in [-0.25, -0.2) is 9.97 Å². The van der Waals surface area contributed by atoms with Crippen LogP contribution >= 0.6 is 11.3 Å². The lowest BCUT2D eigenvalue weighted by atomic mass is 9.84. The number of rotatable bonds is 9. The van der Waals surface area contributed by atoms with Crippen LogP contribution in [-0.4, -0.2) is 65.4 Å². The average molecular weight is 559 g/mol. The van der Waals surface area contributed by atoms with Crippen molar-refractivity contribution in [2.45, 2.75) is 82.9 Å². The number of nitrogens with one attached hydrogen (secondary N) is 1. The van der Waals surface area contributed by atoms with Crippen LogP contribution in [0, 0.1) is 0 Å². The first-order valence-electron chi connectivity index (χ1n) is 14.4. The highest BCUT2D eigenvalue weighted by Crippen LogP contribution is 2.33. The molecule has 2 N–H and O–H groups in total. The molecule has 0 spiro atoms. The van der Waals surface area contributed by atoms with Crippen molar-refractivity contribution in [3.63, 3.8) is 0 Å². The second kappa shape index (κ2) is 11.7. The van der Waals surface area contributed by atoms with Crippen molar-refractivity contribution in [3.8, 4) is 16.4 Å². The van der Waals surface area contributed by atoms with Gasteiger partial charge in [-0.3, -0.25) is 4.90 Å². The lowest BCUT2D eigenvalue weighted by Crippen LogP contribution is -2.29. The quantitative estimate of drug-likeness (QED) is 0.295. The van der Waals surface area contributed by atoms with E-state index in [1.165, 1.54) is 18.4 Å². The fraction of sp³-hybridized carbons (Fsp3) is 0.500. The van der Waals surface area contributed by atoms with Gasteiger partial charge in [-0.2, -0.15) is 0 Å². The van der Waals surface area contributed by atoms with Crippen LogP contribution in [0.3, 0.4) is 0 Å². The molecule has 0 unspecified atom stereocenters. The van der Waals surface area contributed by atoms with Gasteiger partial charge in [0.2, 0.25) is 5.82 Å².